The van der Waals surface area contributed by atoms with Crippen molar-refractivity contribution in [2.45, 2.75) is 59.3 Å². The van der Waals surface area contributed by atoms with E-state index in [4.69, 9.17) is 11.6 Å². The molecule has 0 aromatic carbocycles. The molecule has 1 heterocycles. The Hall–Kier alpha value is -0.240. The molecular formula is C17H30ClNO. The van der Waals surface area contributed by atoms with E-state index in [2.05, 4.69) is 25.7 Å². The number of rotatable bonds is 2. The number of hydrogen-bond acceptors (Lipinski definition) is 1. The maximum Gasteiger partial charge on any atom is 0.225 e. The van der Waals surface area contributed by atoms with Crippen LogP contribution in [0.25, 0.3) is 0 Å². The van der Waals surface area contributed by atoms with Crippen LogP contribution in [0.4, 0.5) is 0 Å². The average molecular weight is 300 g/mol. The zero-order chi connectivity index (χ0) is 14.8. The van der Waals surface area contributed by atoms with Gasteiger partial charge in [0.25, 0.3) is 0 Å². The molecule has 0 aromatic heterocycles. The molecule has 116 valence electrons. The van der Waals surface area contributed by atoms with Gasteiger partial charge in [0.15, 0.2) is 0 Å². The van der Waals surface area contributed by atoms with Crippen LogP contribution >= 0.6 is 11.6 Å². The topological polar surface area (TPSA) is 20.3 Å². The van der Waals surface area contributed by atoms with E-state index in [0.717, 1.165) is 38.3 Å². The number of hydrogen-bond donors (Lipinski definition) is 0. The Labute approximate surface area is 129 Å². The highest BCUT2D eigenvalue weighted by atomic mass is 35.5. The summed E-state index contributed by atoms with van der Waals surface area (Å²) in [5.74, 6) is 2.68. The van der Waals surface area contributed by atoms with Gasteiger partial charge in [0, 0.05) is 24.9 Å². The van der Waals surface area contributed by atoms with Crippen LogP contribution in [-0.2, 0) is 4.79 Å². The molecule has 1 aliphatic heterocycles. The van der Waals surface area contributed by atoms with Gasteiger partial charge in [-0.05, 0) is 55.8 Å². The van der Waals surface area contributed by atoms with Gasteiger partial charge in [-0.1, -0.05) is 20.8 Å². The molecule has 2 aliphatic rings. The van der Waals surface area contributed by atoms with Crippen molar-refractivity contribution < 1.29 is 4.79 Å². The minimum Gasteiger partial charge on any atom is -0.342 e. The van der Waals surface area contributed by atoms with E-state index in [-0.39, 0.29) is 5.92 Å². The predicted octanol–water partition coefficient (Wildman–Crippen LogP) is 4.32. The first-order valence-electron chi connectivity index (χ1n) is 8.26. The fourth-order valence-corrected chi connectivity index (χ4v) is 4.11. The normalized spacial score (nSPS) is 32.2. The minimum atomic E-state index is 0.280. The van der Waals surface area contributed by atoms with Crippen molar-refractivity contribution in [3.8, 4) is 0 Å². The van der Waals surface area contributed by atoms with E-state index in [0.29, 0.717) is 23.1 Å². The average Bonchev–Trinajstić information content (AvgIpc) is 2.46. The van der Waals surface area contributed by atoms with E-state index in [9.17, 15) is 4.79 Å². The molecule has 0 bridgehead atoms. The Morgan fingerprint density at radius 1 is 1.15 bits per heavy atom. The second kappa shape index (κ2) is 6.68. The molecule has 2 rings (SSSR count). The van der Waals surface area contributed by atoms with Gasteiger partial charge < -0.3 is 4.90 Å². The van der Waals surface area contributed by atoms with E-state index in [1.807, 2.05) is 0 Å². The van der Waals surface area contributed by atoms with Crippen LogP contribution in [0, 0.1) is 23.2 Å². The van der Waals surface area contributed by atoms with Gasteiger partial charge in [-0.3, -0.25) is 4.79 Å². The fourth-order valence-electron chi connectivity index (χ4n) is 3.86. The third-order valence-corrected chi connectivity index (χ3v) is 5.79. The minimum absolute atomic E-state index is 0.280. The summed E-state index contributed by atoms with van der Waals surface area (Å²) in [5, 5.41) is 0. The molecule has 1 saturated carbocycles. The number of carbonyl (C=O) groups is 1. The summed E-state index contributed by atoms with van der Waals surface area (Å²) in [6, 6.07) is 0. The molecule has 0 radical (unpaired) electrons. The van der Waals surface area contributed by atoms with Crippen molar-refractivity contribution in [3.63, 3.8) is 0 Å². The van der Waals surface area contributed by atoms with Gasteiger partial charge in [-0.15, -0.1) is 11.6 Å². The Morgan fingerprint density at radius 3 is 2.35 bits per heavy atom. The molecule has 3 heteroatoms. The van der Waals surface area contributed by atoms with Crippen LogP contribution in [0.1, 0.15) is 59.3 Å². The maximum atomic E-state index is 12.7. The fraction of sp³-hybridized carbons (Fsp3) is 0.941. The van der Waals surface area contributed by atoms with E-state index in [1.54, 1.807) is 0 Å². The molecule has 1 unspecified atom stereocenters. The van der Waals surface area contributed by atoms with Crippen molar-refractivity contribution in [2.75, 3.05) is 19.0 Å². The number of likely N-dealkylation sites (tertiary alicyclic amines) is 1. The molecule has 1 saturated heterocycles. The SMILES string of the molecule is CC(C)(C)C1CCC(C(=O)N2CCCC(CCl)C2)CC1. The van der Waals surface area contributed by atoms with Gasteiger partial charge in [0.2, 0.25) is 5.91 Å². The van der Waals surface area contributed by atoms with Gasteiger partial charge in [0.1, 0.15) is 0 Å². The highest BCUT2D eigenvalue weighted by Gasteiger charge is 2.35. The second-order valence-corrected chi connectivity index (χ2v) is 8.17. The van der Waals surface area contributed by atoms with E-state index >= 15 is 0 Å². The summed E-state index contributed by atoms with van der Waals surface area (Å²) in [7, 11) is 0. The maximum absolute atomic E-state index is 12.7. The van der Waals surface area contributed by atoms with Crippen LogP contribution in [-0.4, -0.2) is 29.8 Å². The quantitative estimate of drug-likeness (QED) is 0.696. The first kappa shape index (κ1) is 16.1. The Balaban J connectivity index is 1.85. The Kier molecular flexibility index (Phi) is 5.39. The number of nitrogens with zero attached hydrogens (tertiary/aromatic N) is 1. The molecule has 2 nitrogen and oxygen atoms in total. The van der Waals surface area contributed by atoms with Crippen molar-refractivity contribution in [2.24, 2.45) is 23.2 Å². The first-order chi connectivity index (χ1) is 9.41. The summed E-state index contributed by atoms with van der Waals surface area (Å²) in [5.41, 5.74) is 0.392. The summed E-state index contributed by atoms with van der Waals surface area (Å²) < 4.78 is 0. The van der Waals surface area contributed by atoms with Crippen molar-refractivity contribution >= 4 is 17.5 Å². The van der Waals surface area contributed by atoms with Crippen LogP contribution in [0.2, 0.25) is 0 Å². The van der Waals surface area contributed by atoms with Gasteiger partial charge >= 0.3 is 0 Å². The molecule has 0 spiro atoms. The molecular weight excluding hydrogens is 270 g/mol. The van der Waals surface area contributed by atoms with Crippen molar-refractivity contribution in [3.05, 3.63) is 0 Å². The monoisotopic (exact) mass is 299 g/mol. The van der Waals surface area contributed by atoms with Gasteiger partial charge in [-0.25, -0.2) is 0 Å². The first-order valence-corrected chi connectivity index (χ1v) is 8.80. The summed E-state index contributed by atoms with van der Waals surface area (Å²) >= 11 is 5.97. The number of alkyl halides is 1. The highest BCUT2D eigenvalue weighted by Crippen LogP contribution is 2.40. The lowest BCUT2D eigenvalue weighted by Crippen LogP contribution is -2.44. The van der Waals surface area contributed by atoms with Gasteiger partial charge in [0.05, 0.1) is 0 Å². The third-order valence-electron chi connectivity index (χ3n) is 5.35. The number of carbonyl (C=O) groups excluding carboxylic acids is 1. The lowest BCUT2D eigenvalue weighted by atomic mass is 9.69. The van der Waals surface area contributed by atoms with Crippen LogP contribution in [0.15, 0.2) is 0 Å². The van der Waals surface area contributed by atoms with Crippen molar-refractivity contribution in [1.29, 1.82) is 0 Å². The van der Waals surface area contributed by atoms with Crippen LogP contribution in [0.5, 0.6) is 0 Å². The second-order valence-electron chi connectivity index (χ2n) is 7.86. The zero-order valence-electron chi connectivity index (χ0n) is 13.3. The van der Waals surface area contributed by atoms with Crippen LogP contribution in [0.3, 0.4) is 0 Å². The molecule has 0 N–H and O–H groups in total. The number of piperidine rings is 1. The van der Waals surface area contributed by atoms with Gasteiger partial charge in [-0.2, -0.15) is 0 Å². The zero-order valence-corrected chi connectivity index (χ0v) is 14.1. The van der Waals surface area contributed by atoms with Crippen molar-refractivity contribution in [1.82, 2.24) is 4.90 Å². The Morgan fingerprint density at radius 2 is 1.80 bits per heavy atom. The largest absolute Gasteiger partial charge is 0.342 e. The molecule has 2 fully saturated rings. The van der Waals surface area contributed by atoms with E-state index in [1.165, 1.54) is 19.3 Å². The standard InChI is InChI=1S/C17H30ClNO/c1-17(2,3)15-8-6-14(7-9-15)16(20)19-10-4-5-13(11-18)12-19/h13-15H,4-12H2,1-3H3. The summed E-state index contributed by atoms with van der Waals surface area (Å²) in [6.07, 6.45) is 6.91. The lowest BCUT2D eigenvalue weighted by molar-refractivity contribution is -0.138. The summed E-state index contributed by atoms with van der Waals surface area (Å²) in [6.45, 7) is 8.83. The van der Waals surface area contributed by atoms with Crippen LogP contribution < -0.4 is 0 Å². The molecule has 1 amide bonds. The molecule has 1 atom stereocenters. The molecule has 20 heavy (non-hydrogen) atoms. The third kappa shape index (κ3) is 3.90. The number of amides is 1. The van der Waals surface area contributed by atoms with E-state index < -0.39 is 0 Å². The summed E-state index contributed by atoms with van der Waals surface area (Å²) in [4.78, 5) is 14.7. The predicted molar refractivity (Wildman–Crippen MR) is 84.9 cm³/mol. The number of halogens is 1. The highest BCUT2D eigenvalue weighted by molar-refractivity contribution is 6.18. The molecule has 1 aliphatic carbocycles. The Bertz CT molecular complexity index is 328. The molecule has 0 aromatic rings. The smallest absolute Gasteiger partial charge is 0.225 e. The lowest BCUT2D eigenvalue weighted by Gasteiger charge is -2.39.